The lowest BCUT2D eigenvalue weighted by atomic mass is 9.93. The van der Waals surface area contributed by atoms with Crippen LogP contribution in [0.4, 0.5) is 13.2 Å². The van der Waals surface area contributed by atoms with Crippen LogP contribution in [0.5, 0.6) is 0 Å². The molecular weight excluding hydrogens is 774 g/mol. The van der Waals surface area contributed by atoms with Gasteiger partial charge in [0.05, 0.1) is 56.2 Å². The summed E-state index contributed by atoms with van der Waals surface area (Å²) in [7, 11) is 0. The maximum Gasteiger partial charge on any atom is 0.417 e. The Morgan fingerprint density at radius 1 is 0.419 bits per heavy atom. The van der Waals surface area contributed by atoms with Crippen molar-refractivity contribution in [3.05, 3.63) is 191 Å². The lowest BCUT2D eigenvalue weighted by molar-refractivity contribution is -0.137. The van der Waals surface area contributed by atoms with Crippen LogP contribution in [0.1, 0.15) is 38.9 Å². The number of halogens is 3. The number of rotatable bonds is 5. The van der Waals surface area contributed by atoms with Gasteiger partial charge >= 0.3 is 6.18 Å². The zero-order valence-corrected chi connectivity index (χ0v) is 34.4. The molecule has 298 valence electrons. The summed E-state index contributed by atoms with van der Waals surface area (Å²) in [4.78, 5) is 0. The van der Waals surface area contributed by atoms with Crippen LogP contribution in [-0.4, -0.2) is 9.13 Å². The van der Waals surface area contributed by atoms with Crippen molar-refractivity contribution in [3.8, 4) is 56.9 Å². The Balaban J connectivity index is 1.30. The molecule has 0 saturated heterocycles. The average Bonchev–Trinajstić information content (AvgIpc) is 3.77. The number of nitrogens with zero attached hydrogens (tertiary/aromatic N) is 4. The molecule has 2 heterocycles. The number of fused-ring (bicyclic) bond motifs is 6. The van der Waals surface area contributed by atoms with Crippen LogP contribution in [0.3, 0.4) is 0 Å². The second kappa shape index (κ2) is 14.4. The number of para-hydroxylation sites is 2. The van der Waals surface area contributed by atoms with E-state index in [9.17, 15) is 10.5 Å². The molecule has 0 radical (unpaired) electrons. The van der Waals surface area contributed by atoms with Crippen LogP contribution in [0.25, 0.3) is 88.4 Å². The van der Waals surface area contributed by atoms with Gasteiger partial charge in [-0.2, -0.15) is 23.7 Å². The molecule has 0 fully saturated rings. The Hall–Kier alpha value is -7.87. The standard InChI is InChI=1S/C55H37F3N4/c1-32-19-33(2)22-39(21-32)37-14-17-51-45(26-37)43-9-5-7-11-49(43)61(51)53-29-47(42-16-13-36(30-59)25-48(42)55(56,57)58)54(28-41(53)31-60)62-50-12-8-6-10-44(50)46-27-38(15-18-52(46)62)40-23-34(3)20-35(4)24-40/h5-29H,1-4H3. The molecule has 10 rings (SSSR count). The smallest absolute Gasteiger partial charge is 0.309 e. The number of nitriles is 2. The topological polar surface area (TPSA) is 57.4 Å². The second-order valence-electron chi connectivity index (χ2n) is 16.3. The second-order valence-corrected chi connectivity index (χ2v) is 16.3. The molecule has 8 aromatic carbocycles. The van der Waals surface area contributed by atoms with Gasteiger partial charge in [0.1, 0.15) is 6.07 Å². The van der Waals surface area contributed by atoms with Crippen molar-refractivity contribution < 1.29 is 13.2 Å². The zero-order valence-electron chi connectivity index (χ0n) is 34.4. The SMILES string of the molecule is Cc1cc(C)cc(-c2ccc3c(c2)c2ccccc2n3-c2cc(-c3ccc(C#N)cc3C(F)(F)F)c(-n3c4ccccc4c4cc(-c5cc(C)cc(C)c5)ccc43)cc2C#N)c1. The number of hydrogen-bond donors (Lipinski definition) is 0. The highest BCUT2D eigenvalue weighted by Crippen LogP contribution is 2.45. The van der Waals surface area contributed by atoms with Gasteiger partial charge in [-0.15, -0.1) is 0 Å². The van der Waals surface area contributed by atoms with E-state index in [-0.39, 0.29) is 22.3 Å². The molecule has 10 aromatic rings. The van der Waals surface area contributed by atoms with Crippen LogP contribution in [0.2, 0.25) is 0 Å². The molecule has 0 spiro atoms. The molecular formula is C55H37F3N4. The number of aryl methyl sites for hydroxylation is 4. The normalized spacial score (nSPS) is 11.8. The largest absolute Gasteiger partial charge is 0.417 e. The minimum atomic E-state index is -4.80. The highest BCUT2D eigenvalue weighted by molar-refractivity contribution is 6.12. The van der Waals surface area contributed by atoms with E-state index in [1.54, 1.807) is 12.1 Å². The van der Waals surface area contributed by atoms with Crippen molar-refractivity contribution in [2.45, 2.75) is 33.9 Å². The maximum atomic E-state index is 15.3. The van der Waals surface area contributed by atoms with Crippen molar-refractivity contribution in [2.75, 3.05) is 0 Å². The average molecular weight is 811 g/mol. The Bertz CT molecular complexity index is 3550. The summed E-state index contributed by atoms with van der Waals surface area (Å²) in [6, 6.07) is 52.5. The van der Waals surface area contributed by atoms with Gasteiger partial charge in [-0.05, 0) is 116 Å². The van der Waals surface area contributed by atoms with Crippen LogP contribution in [-0.2, 0) is 6.18 Å². The van der Waals surface area contributed by atoms with Gasteiger partial charge < -0.3 is 9.13 Å². The summed E-state index contributed by atoms with van der Waals surface area (Å²) in [5.41, 5.74) is 12.2. The van der Waals surface area contributed by atoms with E-state index in [0.29, 0.717) is 11.4 Å². The van der Waals surface area contributed by atoms with Gasteiger partial charge in [-0.25, -0.2) is 0 Å². The molecule has 2 aromatic heterocycles. The van der Waals surface area contributed by atoms with E-state index in [1.165, 1.54) is 12.1 Å². The van der Waals surface area contributed by atoms with Gasteiger partial charge in [-0.3, -0.25) is 0 Å². The third-order valence-electron chi connectivity index (χ3n) is 11.9. The maximum absolute atomic E-state index is 15.3. The number of alkyl halides is 3. The Morgan fingerprint density at radius 2 is 0.903 bits per heavy atom. The predicted octanol–water partition coefficient (Wildman–Crippen LogP) is 14.9. The van der Waals surface area contributed by atoms with Gasteiger partial charge in [-0.1, -0.05) is 113 Å². The third kappa shape index (κ3) is 6.30. The molecule has 0 unspecified atom stereocenters. The lowest BCUT2D eigenvalue weighted by Crippen LogP contribution is -2.10. The summed E-state index contributed by atoms with van der Waals surface area (Å²) in [6.07, 6.45) is -4.80. The van der Waals surface area contributed by atoms with Gasteiger partial charge in [0.25, 0.3) is 0 Å². The molecule has 62 heavy (non-hydrogen) atoms. The van der Waals surface area contributed by atoms with Crippen LogP contribution < -0.4 is 0 Å². The molecule has 0 N–H and O–H groups in total. The molecule has 4 nitrogen and oxygen atoms in total. The number of aromatic nitrogens is 2. The van der Waals surface area contributed by atoms with E-state index in [0.717, 1.165) is 94.2 Å². The molecule has 0 saturated carbocycles. The minimum absolute atomic E-state index is 0.103. The summed E-state index contributed by atoms with van der Waals surface area (Å²) >= 11 is 0. The molecule has 0 aliphatic rings. The van der Waals surface area contributed by atoms with Crippen molar-refractivity contribution in [2.24, 2.45) is 0 Å². The van der Waals surface area contributed by atoms with E-state index in [2.05, 4.69) is 88.4 Å². The van der Waals surface area contributed by atoms with Gasteiger partial charge in [0.15, 0.2) is 0 Å². The first-order chi connectivity index (χ1) is 29.9. The number of hydrogen-bond acceptors (Lipinski definition) is 2. The third-order valence-corrected chi connectivity index (χ3v) is 11.9. The molecule has 0 bridgehead atoms. The van der Waals surface area contributed by atoms with E-state index < -0.39 is 11.7 Å². The van der Waals surface area contributed by atoms with Crippen LogP contribution in [0.15, 0.2) is 152 Å². The molecule has 0 atom stereocenters. The highest BCUT2D eigenvalue weighted by Gasteiger charge is 2.35. The van der Waals surface area contributed by atoms with Crippen molar-refractivity contribution in [1.82, 2.24) is 9.13 Å². The van der Waals surface area contributed by atoms with Crippen molar-refractivity contribution in [1.29, 1.82) is 10.5 Å². The first kappa shape index (κ1) is 38.3. The van der Waals surface area contributed by atoms with Gasteiger partial charge in [0, 0.05) is 27.1 Å². The van der Waals surface area contributed by atoms with E-state index in [4.69, 9.17) is 0 Å². The summed E-state index contributed by atoms with van der Waals surface area (Å²) in [6.45, 7) is 8.29. The first-order valence-corrected chi connectivity index (χ1v) is 20.3. The monoisotopic (exact) mass is 810 g/mol. The molecule has 0 aliphatic carbocycles. The summed E-state index contributed by atoms with van der Waals surface area (Å²) < 4.78 is 49.8. The Kier molecular flexibility index (Phi) is 8.91. The summed E-state index contributed by atoms with van der Waals surface area (Å²) in [5.74, 6) is 0. The predicted molar refractivity (Wildman–Crippen MR) is 245 cm³/mol. The fourth-order valence-corrected chi connectivity index (χ4v) is 9.44. The van der Waals surface area contributed by atoms with Crippen LogP contribution in [0, 0.1) is 50.4 Å². The van der Waals surface area contributed by atoms with Gasteiger partial charge in [0.2, 0.25) is 0 Å². The minimum Gasteiger partial charge on any atom is -0.309 e. The Labute approximate surface area is 356 Å². The quantitative estimate of drug-likeness (QED) is 0.174. The molecule has 7 heteroatoms. The first-order valence-electron chi connectivity index (χ1n) is 20.3. The van der Waals surface area contributed by atoms with E-state index >= 15 is 13.2 Å². The zero-order chi connectivity index (χ0) is 43.0. The molecule has 0 aliphatic heterocycles. The summed E-state index contributed by atoms with van der Waals surface area (Å²) in [5, 5.41) is 24.6. The molecule has 0 amide bonds. The number of benzene rings is 8. The fraction of sp³-hybridized carbons (Fsp3) is 0.0909. The van der Waals surface area contributed by atoms with Crippen LogP contribution >= 0.6 is 0 Å². The van der Waals surface area contributed by atoms with Crippen molar-refractivity contribution >= 4 is 43.6 Å². The Morgan fingerprint density at radius 3 is 1.39 bits per heavy atom. The lowest BCUT2D eigenvalue weighted by Gasteiger charge is -2.21. The van der Waals surface area contributed by atoms with E-state index in [1.807, 2.05) is 81.9 Å². The fourth-order valence-electron chi connectivity index (χ4n) is 9.44. The van der Waals surface area contributed by atoms with Crippen molar-refractivity contribution in [3.63, 3.8) is 0 Å². The highest BCUT2D eigenvalue weighted by atomic mass is 19.4.